The molecule has 5 nitrogen and oxygen atoms in total. The lowest BCUT2D eigenvalue weighted by atomic mass is 9.76. The van der Waals surface area contributed by atoms with Crippen LogP contribution in [0.15, 0.2) is 67.1 Å². The highest BCUT2D eigenvalue weighted by atomic mass is 16.1. The quantitative estimate of drug-likeness (QED) is 0.511. The molecule has 1 aliphatic rings. The van der Waals surface area contributed by atoms with Gasteiger partial charge >= 0.3 is 0 Å². The summed E-state index contributed by atoms with van der Waals surface area (Å²) in [6, 6.07) is 19.2. The lowest BCUT2D eigenvalue weighted by Gasteiger charge is -2.31. The highest BCUT2D eigenvalue weighted by Gasteiger charge is 2.39. The van der Waals surface area contributed by atoms with E-state index in [1.54, 1.807) is 6.33 Å². The van der Waals surface area contributed by atoms with E-state index in [4.69, 9.17) is 0 Å². The molecule has 0 bridgehead atoms. The van der Waals surface area contributed by atoms with Crippen molar-refractivity contribution in [3.05, 3.63) is 83.8 Å². The third-order valence-corrected chi connectivity index (χ3v) is 6.40. The molecule has 31 heavy (non-hydrogen) atoms. The van der Waals surface area contributed by atoms with Gasteiger partial charge < -0.3 is 10.3 Å². The molecule has 0 fully saturated rings. The van der Waals surface area contributed by atoms with Crippen molar-refractivity contribution in [1.82, 2.24) is 20.3 Å². The van der Waals surface area contributed by atoms with Crippen molar-refractivity contribution >= 4 is 16.9 Å². The van der Waals surface area contributed by atoms with Crippen LogP contribution in [0, 0.1) is 5.92 Å². The number of nitrogens with zero attached hydrogens (tertiary/aromatic N) is 2. The largest absolute Gasteiger partial charge is 0.355 e. The topological polar surface area (TPSA) is 70.7 Å². The summed E-state index contributed by atoms with van der Waals surface area (Å²) in [5, 5.41) is 4.22. The maximum absolute atomic E-state index is 12.4. The summed E-state index contributed by atoms with van der Waals surface area (Å²) in [7, 11) is 0. The maximum Gasteiger partial charge on any atom is 0.222 e. The van der Waals surface area contributed by atoms with E-state index < -0.39 is 0 Å². The van der Waals surface area contributed by atoms with Crippen molar-refractivity contribution in [2.45, 2.75) is 32.1 Å². The number of nitrogens with one attached hydrogen (secondary N) is 2. The second-order valence-electron chi connectivity index (χ2n) is 8.82. The summed E-state index contributed by atoms with van der Waals surface area (Å²) in [6.07, 6.45) is 5.32. The number of H-pyrrole nitrogens is 1. The molecule has 0 atom stereocenters. The molecule has 5 rings (SSSR count). The van der Waals surface area contributed by atoms with E-state index in [0.717, 1.165) is 35.1 Å². The van der Waals surface area contributed by atoms with Crippen LogP contribution in [-0.4, -0.2) is 27.4 Å². The zero-order valence-electron chi connectivity index (χ0n) is 17.9. The minimum Gasteiger partial charge on any atom is -0.355 e. The van der Waals surface area contributed by atoms with Gasteiger partial charge in [0.15, 0.2) is 0 Å². The van der Waals surface area contributed by atoms with E-state index in [1.165, 1.54) is 16.7 Å². The van der Waals surface area contributed by atoms with Crippen LogP contribution >= 0.6 is 0 Å². The Bertz CT molecular complexity index is 1230. The molecule has 2 N–H and O–H groups in total. The Labute approximate surface area is 182 Å². The standard InChI is InChI=1S/C26H26N4O/c1-17(2)25(31)28-15-26(13-19-6-3-4-7-20(19)14-26)21-9-5-8-18(12-21)23-22-10-11-27-24(22)30-16-29-23/h3-12,16-17H,13-15H2,1-2H3,(H,28,31)(H,27,29,30). The molecule has 0 unspecified atom stereocenters. The molecule has 4 aromatic rings. The predicted octanol–water partition coefficient (Wildman–Crippen LogP) is 4.43. The monoisotopic (exact) mass is 410 g/mol. The van der Waals surface area contributed by atoms with Gasteiger partial charge in [0.1, 0.15) is 12.0 Å². The van der Waals surface area contributed by atoms with Crippen molar-refractivity contribution < 1.29 is 4.79 Å². The molecular formula is C26H26N4O. The van der Waals surface area contributed by atoms with Gasteiger partial charge in [-0.1, -0.05) is 56.3 Å². The number of carbonyl (C=O) groups is 1. The Morgan fingerprint density at radius 1 is 1.06 bits per heavy atom. The number of benzene rings is 2. The van der Waals surface area contributed by atoms with Crippen LogP contribution in [0.2, 0.25) is 0 Å². The van der Waals surface area contributed by atoms with E-state index in [1.807, 2.05) is 26.1 Å². The minimum atomic E-state index is -0.172. The molecular weight excluding hydrogens is 384 g/mol. The highest BCUT2D eigenvalue weighted by Crippen LogP contribution is 2.41. The molecule has 0 radical (unpaired) electrons. The van der Waals surface area contributed by atoms with Gasteiger partial charge in [-0.3, -0.25) is 4.79 Å². The summed E-state index contributed by atoms with van der Waals surface area (Å²) in [4.78, 5) is 24.5. The first kappa shape index (κ1) is 19.5. The third kappa shape index (κ3) is 3.50. The number of aromatic nitrogens is 3. The molecule has 2 aromatic heterocycles. The lowest BCUT2D eigenvalue weighted by Crippen LogP contribution is -2.43. The summed E-state index contributed by atoms with van der Waals surface area (Å²) >= 11 is 0. The van der Waals surface area contributed by atoms with Gasteiger partial charge in [0.25, 0.3) is 0 Å². The molecule has 1 amide bonds. The van der Waals surface area contributed by atoms with Crippen molar-refractivity contribution in [2.24, 2.45) is 5.92 Å². The Kier molecular flexibility index (Phi) is 4.81. The molecule has 2 aromatic carbocycles. The van der Waals surface area contributed by atoms with E-state index >= 15 is 0 Å². The third-order valence-electron chi connectivity index (χ3n) is 6.40. The number of hydrogen-bond acceptors (Lipinski definition) is 3. The Balaban J connectivity index is 1.57. The summed E-state index contributed by atoms with van der Waals surface area (Å²) in [6.45, 7) is 4.48. The SMILES string of the molecule is CC(C)C(=O)NCC1(c2cccc(-c3ncnc4[nH]ccc34)c2)Cc2ccccc2C1. The number of hydrogen-bond donors (Lipinski definition) is 2. The minimum absolute atomic E-state index is 0.0324. The first-order valence-electron chi connectivity index (χ1n) is 10.8. The second kappa shape index (κ2) is 7.65. The lowest BCUT2D eigenvalue weighted by molar-refractivity contribution is -0.124. The van der Waals surface area contributed by atoms with Gasteiger partial charge in [0.2, 0.25) is 5.91 Å². The van der Waals surface area contributed by atoms with E-state index in [2.05, 4.69) is 68.8 Å². The summed E-state index contributed by atoms with van der Waals surface area (Å²) < 4.78 is 0. The van der Waals surface area contributed by atoms with Crippen LogP contribution < -0.4 is 5.32 Å². The van der Waals surface area contributed by atoms with Crippen LogP contribution in [0.3, 0.4) is 0 Å². The fourth-order valence-corrected chi connectivity index (χ4v) is 4.68. The number of fused-ring (bicyclic) bond motifs is 2. The summed E-state index contributed by atoms with van der Waals surface area (Å²) in [5.41, 5.74) is 6.60. The molecule has 2 heterocycles. The fraction of sp³-hybridized carbons (Fsp3) is 0.269. The molecule has 0 aliphatic heterocycles. The van der Waals surface area contributed by atoms with Crippen molar-refractivity contribution in [1.29, 1.82) is 0 Å². The average molecular weight is 411 g/mol. The van der Waals surface area contributed by atoms with Crippen molar-refractivity contribution in [3.8, 4) is 11.3 Å². The van der Waals surface area contributed by atoms with Crippen molar-refractivity contribution in [2.75, 3.05) is 6.54 Å². The van der Waals surface area contributed by atoms with Crippen LogP contribution in [-0.2, 0) is 23.1 Å². The smallest absolute Gasteiger partial charge is 0.222 e. The zero-order chi connectivity index (χ0) is 21.4. The number of amides is 1. The maximum atomic E-state index is 12.4. The number of rotatable bonds is 5. The first-order chi connectivity index (χ1) is 15.1. The summed E-state index contributed by atoms with van der Waals surface area (Å²) in [5.74, 6) is 0.0615. The van der Waals surface area contributed by atoms with Crippen LogP contribution in [0.1, 0.15) is 30.5 Å². The fourth-order valence-electron chi connectivity index (χ4n) is 4.68. The Morgan fingerprint density at radius 3 is 2.58 bits per heavy atom. The van der Waals surface area contributed by atoms with E-state index in [9.17, 15) is 4.79 Å². The van der Waals surface area contributed by atoms with Crippen molar-refractivity contribution in [3.63, 3.8) is 0 Å². The van der Waals surface area contributed by atoms with Crippen LogP contribution in [0.4, 0.5) is 0 Å². The average Bonchev–Trinajstić information content (AvgIpc) is 3.42. The van der Waals surface area contributed by atoms with E-state index in [0.29, 0.717) is 6.54 Å². The van der Waals surface area contributed by atoms with Gasteiger partial charge in [-0.05, 0) is 41.7 Å². The predicted molar refractivity (Wildman–Crippen MR) is 123 cm³/mol. The van der Waals surface area contributed by atoms with Gasteiger partial charge in [0, 0.05) is 35.0 Å². The van der Waals surface area contributed by atoms with E-state index in [-0.39, 0.29) is 17.2 Å². The van der Waals surface area contributed by atoms with Gasteiger partial charge in [-0.15, -0.1) is 0 Å². The first-order valence-corrected chi connectivity index (χ1v) is 10.8. The molecule has 0 spiro atoms. The van der Waals surface area contributed by atoms with Gasteiger partial charge in [0.05, 0.1) is 5.69 Å². The molecule has 0 saturated carbocycles. The van der Waals surface area contributed by atoms with Crippen LogP contribution in [0.25, 0.3) is 22.3 Å². The molecule has 5 heteroatoms. The normalized spacial score (nSPS) is 14.7. The number of aromatic amines is 1. The van der Waals surface area contributed by atoms with Gasteiger partial charge in [-0.2, -0.15) is 0 Å². The Morgan fingerprint density at radius 2 is 1.84 bits per heavy atom. The highest BCUT2D eigenvalue weighted by molar-refractivity contribution is 5.90. The zero-order valence-corrected chi connectivity index (χ0v) is 17.9. The Hall–Kier alpha value is -3.47. The molecule has 156 valence electrons. The van der Waals surface area contributed by atoms with Gasteiger partial charge in [-0.25, -0.2) is 9.97 Å². The second-order valence-corrected chi connectivity index (χ2v) is 8.82. The number of carbonyl (C=O) groups excluding carboxylic acids is 1. The molecule has 1 aliphatic carbocycles. The van der Waals surface area contributed by atoms with Crippen LogP contribution in [0.5, 0.6) is 0 Å². The molecule has 0 saturated heterocycles.